The summed E-state index contributed by atoms with van der Waals surface area (Å²) in [4.78, 5) is 15.7. The van der Waals surface area contributed by atoms with Crippen LogP contribution >= 0.6 is 0 Å². The molecule has 0 saturated heterocycles. The summed E-state index contributed by atoms with van der Waals surface area (Å²) in [6.07, 6.45) is 1.31. The lowest BCUT2D eigenvalue weighted by atomic mass is 10.0. The number of anilines is 2. The Kier molecular flexibility index (Phi) is 3.70. The van der Waals surface area contributed by atoms with E-state index in [0.29, 0.717) is 5.69 Å². The van der Waals surface area contributed by atoms with E-state index < -0.39 is 11.7 Å². The number of nitrogens with one attached hydrogen (secondary N) is 1. The average molecular weight is 273 g/mol. The summed E-state index contributed by atoms with van der Waals surface area (Å²) in [5.74, 6) is -1.62. The van der Waals surface area contributed by atoms with Gasteiger partial charge in [0.1, 0.15) is 0 Å². The monoisotopic (exact) mass is 273 g/mol. The van der Waals surface area contributed by atoms with Crippen molar-refractivity contribution in [1.29, 1.82) is 0 Å². The molecule has 0 bridgehead atoms. The maximum atomic E-state index is 13.8. The molecule has 0 aliphatic rings. The number of rotatable bonds is 2. The molecule has 0 aliphatic carbocycles. The highest BCUT2D eigenvalue weighted by Crippen LogP contribution is 2.23. The Morgan fingerprint density at radius 2 is 1.85 bits per heavy atom. The Morgan fingerprint density at radius 1 is 1.25 bits per heavy atom. The topological polar surface area (TPSA) is 68.0 Å². The molecule has 5 heteroatoms. The van der Waals surface area contributed by atoms with Crippen molar-refractivity contribution in [2.75, 3.05) is 11.1 Å². The van der Waals surface area contributed by atoms with Gasteiger partial charge in [0, 0.05) is 11.9 Å². The number of nitrogens with two attached hydrogens (primary N) is 1. The molecule has 0 fully saturated rings. The first-order valence-corrected chi connectivity index (χ1v) is 6.19. The van der Waals surface area contributed by atoms with Crippen molar-refractivity contribution in [2.45, 2.75) is 20.8 Å². The standard InChI is InChI=1S/C15H16FN3O/c1-8-6-9(2)13(10(3)7-8)19-15(20)11-4-5-18-14(17)12(11)16/h4-7H,1-3H3,(H2,17,18)(H,19,20). The number of aryl methyl sites for hydroxylation is 3. The molecule has 0 atom stereocenters. The van der Waals surface area contributed by atoms with Crippen LogP contribution in [0.4, 0.5) is 15.9 Å². The molecule has 0 saturated carbocycles. The smallest absolute Gasteiger partial charge is 0.258 e. The first-order valence-electron chi connectivity index (χ1n) is 6.19. The Morgan fingerprint density at radius 3 is 2.45 bits per heavy atom. The van der Waals surface area contributed by atoms with Gasteiger partial charge in [-0.3, -0.25) is 4.79 Å². The summed E-state index contributed by atoms with van der Waals surface area (Å²) in [6.45, 7) is 5.77. The van der Waals surface area contributed by atoms with Crippen LogP contribution in [0.3, 0.4) is 0 Å². The number of hydrogen-bond acceptors (Lipinski definition) is 3. The maximum absolute atomic E-state index is 13.8. The molecule has 1 heterocycles. The number of carbonyl (C=O) groups is 1. The third-order valence-corrected chi connectivity index (χ3v) is 3.08. The highest BCUT2D eigenvalue weighted by atomic mass is 19.1. The van der Waals surface area contributed by atoms with Crippen molar-refractivity contribution in [3.05, 3.63) is 52.5 Å². The van der Waals surface area contributed by atoms with Gasteiger partial charge >= 0.3 is 0 Å². The Bertz CT molecular complexity index is 660. The van der Waals surface area contributed by atoms with Gasteiger partial charge in [-0.1, -0.05) is 17.7 Å². The normalized spacial score (nSPS) is 10.4. The predicted octanol–water partition coefficient (Wildman–Crippen LogP) is 2.98. The maximum Gasteiger partial charge on any atom is 0.258 e. The largest absolute Gasteiger partial charge is 0.381 e. The van der Waals surface area contributed by atoms with Crippen molar-refractivity contribution in [3.63, 3.8) is 0 Å². The number of halogens is 1. The summed E-state index contributed by atoms with van der Waals surface area (Å²) >= 11 is 0. The van der Waals surface area contributed by atoms with Gasteiger partial charge in [-0.2, -0.15) is 0 Å². The fraction of sp³-hybridized carbons (Fsp3) is 0.200. The van der Waals surface area contributed by atoms with E-state index in [1.807, 2.05) is 32.9 Å². The fourth-order valence-corrected chi connectivity index (χ4v) is 2.19. The van der Waals surface area contributed by atoms with Gasteiger partial charge in [0.15, 0.2) is 11.6 Å². The summed E-state index contributed by atoms with van der Waals surface area (Å²) in [7, 11) is 0. The zero-order valence-electron chi connectivity index (χ0n) is 11.6. The van der Waals surface area contributed by atoms with Crippen LogP contribution in [0.15, 0.2) is 24.4 Å². The van der Waals surface area contributed by atoms with Crippen LogP contribution in [-0.4, -0.2) is 10.9 Å². The first-order chi connectivity index (χ1) is 9.40. The lowest BCUT2D eigenvalue weighted by Crippen LogP contribution is -2.16. The second-order valence-electron chi connectivity index (χ2n) is 4.79. The molecule has 1 aromatic heterocycles. The molecule has 0 spiro atoms. The van der Waals surface area contributed by atoms with Gasteiger partial charge in [0.2, 0.25) is 0 Å². The van der Waals surface area contributed by atoms with Crippen LogP contribution in [0.2, 0.25) is 0 Å². The van der Waals surface area contributed by atoms with E-state index in [9.17, 15) is 9.18 Å². The molecular weight excluding hydrogens is 257 g/mol. The second-order valence-corrected chi connectivity index (χ2v) is 4.79. The molecule has 2 aromatic rings. The van der Waals surface area contributed by atoms with Gasteiger partial charge in [-0.25, -0.2) is 9.37 Å². The van der Waals surface area contributed by atoms with Crippen LogP contribution in [0.5, 0.6) is 0 Å². The molecule has 1 amide bonds. The number of aromatic nitrogens is 1. The molecule has 2 rings (SSSR count). The summed E-state index contributed by atoms with van der Waals surface area (Å²) in [5.41, 5.74) is 8.91. The Hall–Kier alpha value is -2.43. The lowest BCUT2D eigenvalue weighted by Gasteiger charge is -2.13. The molecule has 1 aromatic carbocycles. The van der Waals surface area contributed by atoms with Crippen LogP contribution in [0, 0.1) is 26.6 Å². The van der Waals surface area contributed by atoms with Crippen molar-refractivity contribution >= 4 is 17.4 Å². The number of nitrogens with zero attached hydrogens (tertiary/aromatic N) is 1. The zero-order valence-corrected chi connectivity index (χ0v) is 11.6. The van der Waals surface area contributed by atoms with Crippen molar-refractivity contribution in [3.8, 4) is 0 Å². The number of nitrogen functional groups attached to an aromatic ring is 1. The second kappa shape index (κ2) is 5.28. The van der Waals surface area contributed by atoms with Crippen molar-refractivity contribution in [2.24, 2.45) is 0 Å². The van der Waals surface area contributed by atoms with Gasteiger partial charge < -0.3 is 11.1 Å². The van der Waals surface area contributed by atoms with Gasteiger partial charge in [-0.15, -0.1) is 0 Å². The van der Waals surface area contributed by atoms with E-state index in [1.165, 1.54) is 12.3 Å². The third-order valence-electron chi connectivity index (χ3n) is 3.08. The molecule has 0 aliphatic heterocycles. The minimum Gasteiger partial charge on any atom is -0.381 e. The molecule has 4 nitrogen and oxygen atoms in total. The number of carbonyl (C=O) groups excluding carboxylic acids is 1. The van der Waals surface area contributed by atoms with Crippen LogP contribution in [0.25, 0.3) is 0 Å². The Labute approximate surface area is 116 Å². The third kappa shape index (κ3) is 2.61. The fourth-order valence-electron chi connectivity index (χ4n) is 2.19. The first kappa shape index (κ1) is 14.0. The number of hydrogen-bond donors (Lipinski definition) is 2. The summed E-state index contributed by atoms with van der Waals surface area (Å²) < 4.78 is 13.8. The lowest BCUT2D eigenvalue weighted by molar-refractivity contribution is 0.102. The minimum atomic E-state index is -0.799. The predicted molar refractivity (Wildman–Crippen MR) is 77.2 cm³/mol. The van der Waals surface area contributed by atoms with E-state index >= 15 is 0 Å². The van der Waals surface area contributed by atoms with Gasteiger partial charge in [-0.05, 0) is 38.0 Å². The molecular formula is C15H16FN3O. The minimum absolute atomic E-state index is 0.114. The van der Waals surface area contributed by atoms with E-state index in [4.69, 9.17) is 5.73 Å². The van der Waals surface area contributed by atoms with Crippen LogP contribution < -0.4 is 11.1 Å². The number of pyridine rings is 1. The molecule has 0 radical (unpaired) electrons. The van der Waals surface area contributed by atoms with Crippen molar-refractivity contribution < 1.29 is 9.18 Å². The van der Waals surface area contributed by atoms with E-state index in [0.717, 1.165) is 16.7 Å². The SMILES string of the molecule is Cc1cc(C)c(NC(=O)c2ccnc(N)c2F)c(C)c1. The highest BCUT2D eigenvalue weighted by molar-refractivity contribution is 6.05. The summed E-state index contributed by atoms with van der Waals surface area (Å²) in [6, 6.07) is 5.22. The number of amides is 1. The van der Waals surface area contributed by atoms with Crippen LogP contribution in [0.1, 0.15) is 27.0 Å². The van der Waals surface area contributed by atoms with E-state index in [2.05, 4.69) is 10.3 Å². The van der Waals surface area contributed by atoms with Crippen LogP contribution in [-0.2, 0) is 0 Å². The zero-order chi connectivity index (χ0) is 14.9. The average Bonchev–Trinajstić information content (AvgIpc) is 2.36. The molecule has 20 heavy (non-hydrogen) atoms. The van der Waals surface area contributed by atoms with Gasteiger partial charge in [0.25, 0.3) is 5.91 Å². The quantitative estimate of drug-likeness (QED) is 0.883. The highest BCUT2D eigenvalue weighted by Gasteiger charge is 2.16. The molecule has 3 N–H and O–H groups in total. The van der Waals surface area contributed by atoms with Gasteiger partial charge in [0.05, 0.1) is 5.56 Å². The Balaban J connectivity index is 2.36. The van der Waals surface area contributed by atoms with E-state index in [-0.39, 0.29) is 11.4 Å². The number of benzene rings is 1. The molecule has 0 unspecified atom stereocenters. The molecule has 104 valence electrons. The summed E-state index contributed by atoms with van der Waals surface area (Å²) in [5, 5.41) is 2.73. The van der Waals surface area contributed by atoms with E-state index in [1.54, 1.807) is 0 Å². The van der Waals surface area contributed by atoms with Crippen molar-refractivity contribution in [1.82, 2.24) is 4.98 Å².